The van der Waals surface area contributed by atoms with E-state index in [0.29, 0.717) is 5.11 Å². The highest BCUT2D eigenvalue weighted by Gasteiger charge is 1.98. The molecule has 1 aromatic carbocycles. The first kappa shape index (κ1) is 16.1. The highest BCUT2D eigenvalue weighted by molar-refractivity contribution is 7.98. The molecule has 1 aromatic heterocycles. The van der Waals surface area contributed by atoms with Gasteiger partial charge in [-0.1, -0.05) is 0 Å². The highest BCUT2D eigenvalue weighted by atomic mass is 32.2. The maximum Gasteiger partial charge on any atom is 0.170 e. The van der Waals surface area contributed by atoms with E-state index in [4.69, 9.17) is 17.0 Å². The van der Waals surface area contributed by atoms with Crippen LogP contribution in [0.2, 0.25) is 0 Å². The Bertz CT molecular complexity index is 541. The van der Waals surface area contributed by atoms with Crippen LogP contribution >= 0.6 is 35.3 Å². The summed E-state index contributed by atoms with van der Waals surface area (Å²) in [6.07, 6.45) is 0. The SMILES string of the molecule is COc1ccc(NC(=S)NCCSCc2ccsc2)cc1. The number of methoxy groups -OCH3 is 1. The summed E-state index contributed by atoms with van der Waals surface area (Å²) in [4.78, 5) is 0. The smallest absolute Gasteiger partial charge is 0.170 e. The van der Waals surface area contributed by atoms with Gasteiger partial charge in [0.05, 0.1) is 7.11 Å². The fourth-order valence-corrected chi connectivity index (χ4v) is 3.45. The zero-order chi connectivity index (χ0) is 14.9. The lowest BCUT2D eigenvalue weighted by molar-refractivity contribution is 0.415. The minimum Gasteiger partial charge on any atom is -0.497 e. The number of thioether (sulfide) groups is 1. The molecule has 3 nitrogen and oxygen atoms in total. The van der Waals surface area contributed by atoms with E-state index >= 15 is 0 Å². The number of ether oxygens (including phenoxy) is 1. The standard InChI is InChI=1S/C15H18N2OS3/c1-18-14-4-2-13(3-5-14)17-15(19)16-7-9-21-11-12-6-8-20-10-12/h2-6,8,10H,7,9,11H2,1H3,(H2,16,17,19). The second kappa shape index (κ2) is 8.92. The Morgan fingerprint density at radius 3 is 2.76 bits per heavy atom. The van der Waals surface area contributed by atoms with Crippen molar-refractivity contribution in [1.29, 1.82) is 0 Å². The second-order valence-corrected chi connectivity index (χ2v) is 6.59. The fourth-order valence-electron chi connectivity index (χ4n) is 1.65. The van der Waals surface area contributed by atoms with Gasteiger partial charge < -0.3 is 15.4 Å². The van der Waals surface area contributed by atoms with E-state index in [9.17, 15) is 0 Å². The van der Waals surface area contributed by atoms with Crippen LogP contribution in [-0.2, 0) is 5.75 Å². The first-order chi connectivity index (χ1) is 10.3. The van der Waals surface area contributed by atoms with Crippen LogP contribution in [-0.4, -0.2) is 24.5 Å². The molecule has 6 heteroatoms. The Balaban J connectivity index is 1.60. The topological polar surface area (TPSA) is 33.3 Å². The molecule has 0 spiro atoms. The molecular weight excluding hydrogens is 320 g/mol. The maximum absolute atomic E-state index is 5.27. The third-order valence-electron chi connectivity index (χ3n) is 2.73. The third-order valence-corrected chi connectivity index (χ3v) is 4.74. The van der Waals surface area contributed by atoms with Gasteiger partial charge >= 0.3 is 0 Å². The Morgan fingerprint density at radius 1 is 1.29 bits per heavy atom. The van der Waals surface area contributed by atoms with Gasteiger partial charge in [0.1, 0.15) is 5.75 Å². The Labute approximate surface area is 139 Å². The summed E-state index contributed by atoms with van der Waals surface area (Å²) in [6, 6.07) is 9.86. The Morgan fingerprint density at radius 2 is 2.10 bits per heavy atom. The average Bonchev–Trinajstić information content (AvgIpc) is 3.01. The van der Waals surface area contributed by atoms with Crippen molar-refractivity contribution in [2.24, 2.45) is 0 Å². The molecule has 0 atom stereocenters. The highest BCUT2D eigenvalue weighted by Crippen LogP contribution is 2.15. The monoisotopic (exact) mass is 338 g/mol. The summed E-state index contributed by atoms with van der Waals surface area (Å²) in [5.74, 6) is 2.92. The number of hydrogen-bond donors (Lipinski definition) is 2. The van der Waals surface area contributed by atoms with Gasteiger partial charge in [0.15, 0.2) is 5.11 Å². The molecule has 0 saturated carbocycles. The lowest BCUT2D eigenvalue weighted by Crippen LogP contribution is -2.30. The lowest BCUT2D eigenvalue weighted by Gasteiger charge is -2.10. The van der Waals surface area contributed by atoms with Crippen LogP contribution in [0.15, 0.2) is 41.1 Å². The van der Waals surface area contributed by atoms with Crippen LogP contribution in [0, 0.1) is 0 Å². The Hall–Kier alpha value is -1.24. The van der Waals surface area contributed by atoms with E-state index in [1.807, 2.05) is 36.0 Å². The first-order valence-electron chi connectivity index (χ1n) is 6.55. The average molecular weight is 339 g/mol. The second-order valence-electron chi connectivity index (χ2n) is 4.29. The molecule has 0 aliphatic heterocycles. The molecule has 0 radical (unpaired) electrons. The van der Waals surface area contributed by atoms with Crippen LogP contribution in [0.5, 0.6) is 5.75 Å². The van der Waals surface area contributed by atoms with E-state index in [0.717, 1.165) is 29.5 Å². The number of hydrogen-bond acceptors (Lipinski definition) is 4. The van der Waals surface area contributed by atoms with Gasteiger partial charge in [-0.2, -0.15) is 23.1 Å². The van der Waals surface area contributed by atoms with Crippen molar-refractivity contribution in [3.05, 3.63) is 46.7 Å². The van der Waals surface area contributed by atoms with Gasteiger partial charge in [0.25, 0.3) is 0 Å². The number of rotatable bonds is 7. The first-order valence-corrected chi connectivity index (χ1v) is 9.06. The van der Waals surface area contributed by atoms with E-state index in [1.165, 1.54) is 5.56 Å². The van der Waals surface area contributed by atoms with E-state index in [-0.39, 0.29) is 0 Å². The van der Waals surface area contributed by atoms with Crippen molar-refractivity contribution in [3.63, 3.8) is 0 Å². The number of nitrogens with one attached hydrogen (secondary N) is 2. The molecule has 0 saturated heterocycles. The maximum atomic E-state index is 5.27. The summed E-state index contributed by atoms with van der Waals surface area (Å²) >= 11 is 8.91. The van der Waals surface area contributed by atoms with Gasteiger partial charge in [-0.15, -0.1) is 0 Å². The normalized spacial score (nSPS) is 10.1. The Kier molecular flexibility index (Phi) is 6.85. The minimum absolute atomic E-state index is 0.649. The number of thiophene rings is 1. The van der Waals surface area contributed by atoms with Gasteiger partial charge in [0.2, 0.25) is 0 Å². The molecule has 21 heavy (non-hydrogen) atoms. The number of thiocarbonyl (C=S) groups is 1. The molecule has 0 aliphatic carbocycles. The molecule has 0 unspecified atom stereocenters. The van der Waals surface area contributed by atoms with Gasteiger partial charge in [-0.25, -0.2) is 0 Å². The van der Waals surface area contributed by atoms with Crippen LogP contribution in [0.1, 0.15) is 5.56 Å². The van der Waals surface area contributed by atoms with Crippen LogP contribution in [0.3, 0.4) is 0 Å². The summed E-state index contributed by atoms with van der Waals surface area (Å²) in [6.45, 7) is 0.858. The van der Waals surface area contributed by atoms with Gasteiger partial charge in [-0.05, 0) is 58.9 Å². The predicted octanol–water partition coefficient (Wildman–Crippen LogP) is 3.98. The van der Waals surface area contributed by atoms with Crippen molar-refractivity contribution >= 4 is 46.1 Å². The van der Waals surface area contributed by atoms with Crippen molar-refractivity contribution in [2.75, 3.05) is 24.7 Å². The quantitative estimate of drug-likeness (QED) is 0.589. The van der Waals surface area contributed by atoms with Crippen molar-refractivity contribution in [2.45, 2.75) is 5.75 Å². The van der Waals surface area contributed by atoms with Crippen LogP contribution in [0.4, 0.5) is 5.69 Å². The molecule has 0 fully saturated rings. The van der Waals surface area contributed by atoms with Gasteiger partial charge in [-0.3, -0.25) is 0 Å². The van der Waals surface area contributed by atoms with E-state index < -0.39 is 0 Å². The molecule has 112 valence electrons. The van der Waals surface area contributed by atoms with Crippen molar-refractivity contribution in [1.82, 2.24) is 5.32 Å². The fraction of sp³-hybridized carbons (Fsp3) is 0.267. The van der Waals surface area contributed by atoms with Gasteiger partial charge in [0, 0.05) is 23.7 Å². The predicted molar refractivity (Wildman–Crippen MR) is 97.7 cm³/mol. The van der Waals surface area contributed by atoms with E-state index in [1.54, 1.807) is 18.4 Å². The van der Waals surface area contributed by atoms with Crippen LogP contribution < -0.4 is 15.4 Å². The zero-order valence-corrected chi connectivity index (χ0v) is 14.2. The summed E-state index contributed by atoms with van der Waals surface area (Å²) in [7, 11) is 1.66. The zero-order valence-electron chi connectivity index (χ0n) is 11.8. The van der Waals surface area contributed by atoms with Crippen molar-refractivity contribution in [3.8, 4) is 5.75 Å². The molecule has 0 bridgehead atoms. The lowest BCUT2D eigenvalue weighted by atomic mass is 10.3. The van der Waals surface area contributed by atoms with E-state index in [2.05, 4.69) is 27.5 Å². The molecule has 2 N–H and O–H groups in total. The van der Waals surface area contributed by atoms with Crippen LogP contribution in [0.25, 0.3) is 0 Å². The largest absolute Gasteiger partial charge is 0.497 e. The molecule has 1 heterocycles. The van der Waals surface area contributed by atoms with Crippen molar-refractivity contribution < 1.29 is 4.74 Å². The number of benzene rings is 1. The molecule has 2 rings (SSSR count). The third kappa shape index (κ3) is 5.95. The minimum atomic E-state index is 0.649. The number of anilines is 1. The molecule has 0 amide bonds. The summed E-state index contributed by atoms with van der Waals surface area (Å²) in [5.41, 5.74) is 2.35. The summed E-state index contributed by atoms with van der Waals surface area (Å²) in [5, 5.41) is 11.3. The molecular formula is C15H18N2OS3. The summed E-state index contributed by atoms with van der Waals surface area (Å²) < 4.78 is 5.12. The molecule has 2 aromatic rings. The molecule has 0 aliphatic rings.